The SMILES string of the molecule is COC(=O)c1c(C)[nH]c(CCCc2cccs2)nc1=S. The average molecular weight is 308 g/mol. The van der Waals surface area contributed by atoms with Crippen molar-refractivity contribution in [3.8, 4) is 0 Å². The number of rotatable bonds is 5. The monoisotopic (exact) mass is 308 g/mol. The number of nitrogens with zero attached hydrogens (tertiary/aromatic N) is 1. The van der Waals surface area contributed by atoms with Crippen LogP contribution in [0.5, 0.6) is 0 Å². The molecule has 2 aromatic heterocycles. The fourth-order valence-corrected chi connectivity index (χ4v) is 3.09. The number of esters is 1. The van der Waals surface area contributed by atoms with Crippen molar-refractivity contribution in [2.45, 2.75) is 26.2 Å². The number of aromatic amines is 1. The molecular weight excluding hydrogens is 292 g/mol. The molecule has 1 N–H and O–H groups in total. The van der Waals surface area contributed by atoms with E-state index in [2.05, 4.69) is 27.5 Å². The van der Waals surface area contributed by atoms with Crippen LogP contribution in [0, 0.1) is 11.6 Å². The highest BCUT2D eigenvalue weighted by atomic mass is 32.1. The molecule has 0 atom stereocenters. The van der Waals surface area contributed by atoms with E-state index >= 15 is 0 Å². The van der Waals surface area contributed by atoms with Crippen molar-refractivity contribution in [2.75, 3.05) is 7.11 Å². The Labute approximate surface area is 126 Å². The third-order valence-corrected chi connectivity index (χ3v) is 4.20. The topological polar surface area (TPSA) is 55.0 Å². The summed E-state index contributed by atoms with van der Waals surface area (Å²) in [6.45, 7) is 1.81. The van der Waals surface area contributed by atoms with E-state index in [1.807, 2.05) is 6.92 Å². The van der Waals surface area contributed by atoms with E-state index in [-0.39, 0.29) is 0 Å². The van der Waals surface area contributed by atoms with Gasteiger partial charge in [-0.3, -0.25) is 0 Å². The van der Waals surface area contributed by atoms with Gasteiger partial charge >= 0.3 is 5.97 Å². The molecule has 0 aliphatic carbocycles. The van der Waals surface area contributed by atoms with Crippen molar-refractivity contribution in [2.24, 2.45) is 0 Å². The molecular formula is C14H16N2O2S2. The first-order chi connectivity index (χ1) is 9.61. The molecule has 20 heavy (non-hydrogen) atoms. The Morgan fingerprint density at radius 3 is 2.90 bits per heavy atom. The number of H-pyrrole nitrogens is 1. The van der Waals surface area contributed by atoms with Gasteiger partial charge in [-0.1, -0.05) is 18.3 Å². The quantitative estimate of drug-likeness (QED) is 0.679. The number of carbonyl (C=O) groups is 1. The van der Waals surface area contributed by atoms with E-state index in [0.29, 0.717) is 15.9 Å². The highest BCUT2D eigenvalue weighted by Crippen LogP contribution is 2.13. The molecule has 0 bridgehead atoms. The molecule has 2 heterocycles. The maximum atomic E-state index is 11.6. The minimum absolute atomic E-state index is 0.305. The summed E-state index contributed by atoms with van der Waals surface area (Å²) in [4.78, 5) is 20.4. The number of nitrogens with one attached hydrogen (secondary N) is 1. The summed E-state index contributed by atoms with van der Waals surface area (Å²) in [6.07, 6.45) is 2.83. The predicted octanol–water partition coefficient (Wildman–Crippen LogP) is 3.47. The lowest BCUT2D eigenvalue weighted by atomic mass is 10.2. The molecule has 2 rings (SSSR count). The summed E-state index contributed by atoms with van der Waals surface area (Å²) in [5, 5.41) is 2.08. The van der Waals surface area contributed by atoms with Gasteiger partial charge in [0.05, 0.1) is 7.11 Å². The zero-order valence-corrected chi connectivity index (χ0v) is 13.1. The maximum Gasteiger partial charge on any atom is 0.342 e. The summed E-state index contributed by atoms with van der Waals surface area (Å²) < 4.78 is 5.01. The van der Waals surface area contributed by atoms with E-state index in [9.17, 15) is 4.79 Å². The molecule has 6 heteroatoms. The molecule has 0 aromatic carbocycles. The van der Waals surface area contributed by atoms with Crippen LogP contribution in [0.1, 0.15) is 33.2 Å². The van der Waals surface area contributed by atoms with Gasteiger partial charge in [-0.25, -0.2) is 9.78 Å². The zero-order valence-electron chi connectivity index (χ0n) is 11.4. The summed E-state index contributed by atoms with van der Waals surface area (Å²) >= 11 is 6.93. The van der Waals surface area contributed by atoms with E-state index in [4.69, 9.17) is 17.0 Å². The normalized spacial score (nSPS) is 10.5. The molecule has 2 aromatic rings. The van der Waals surface area contributed by atoms with Gasteiger partial charge in [0.1, 0.15) is 16.0 Å². The third-order valence-electron chi connectivity index (χ3n) is 2.96. The van der Waals surface area contributed by atoms with E-state index in [1.165, 1.54) is 12.0 Å². The van der Waals surface area contributed by atoms with Crippen LogP contribution < -0.4 is 0 Å². The fourth-order valence-electron chi connectivity index (χ4n) is 1.99. The minimum Gasteiger partial charge on any atom is -0.465 e. The van der Waals surface area contributed by atoms with Gasteiger partial charge in [0.2, 0.25) is 0 Å². The van der Waals surface area contributed by atoms with Crippen molar-refractivity contribution in [1.82, 2.24) is 9.97 Å². The largest absolute Gasteiger partial charge is 0.465 e. The summed E-state index contributed by atoms with van der Waals surface area (Å²) in [5.41, 5.74) is 1.06. The van der Waals surface area contributed by atoms with Crippen molar-refractivity contribution in [1.29, 1.82) is 0 Å². The number of thiophene rings is 1. The Morgan fingerprint density at radius 2 is 2.30 bits per heavy atom. The Bertz CT molecular complexity index is 648. The Kier molecular flexibility index (Phi) is 5.03. The smallest absolute Gasteiger partial charge is 0.342 e. The first-order valence-electron chi connectivity index (χ1n) is 6.32. The van der Waals surface area contributed by atoms with Crippen LogP contribution in [0.4, 0.5) is 0 Å². The number of aryl methyl sites for hydroxylation is 3. The first-order valence-corrected chi connectivity index (χ1v) is 7.61. The highest BCUT2D eigenvalue weighted by Gasteiger charge is 2.14. The minimum atomic E-state index is -0.443. The maximum absolute atomic E-state index is 11.6. The fraction of sp³-hybridized carbons (Fsp3) is 0.357. The van der Waals surface area contributed by atoms with Crippen molar-refractivity contribution in [3.05, 3.63) is 44.1 Å². The Morgan fingerprint density at radius 1 is 1.50 bits per heavy atom. The second-order valence-electron chi connectivity index (χ2n) is 4.41. The second-order valence-corrected chi connectivity index (χ2v) is 5.83. The molecule has 0 radical (unpaired) electrons. The zero-order chi connectivity index (χ0) is 14.5. The molecule has 0 spiro atoms. The molecule has 0 amide bonds. The average Bonchev–Trinajstić information content (AvgIpc) is 2.91. The van der Waals surface area contributed by atoms with E-state index < -0.39 is 5.97 Å². The number of hydrogen-bond acceptors (Lipinski definition) is 5. The highest BCUT2D eigenvalue weighted by molar-refractivity contribution is 7.71. The van der Waals surface area contributed by atoms with Crippen molar-refractivity contribution >= 4 is 29.5 Å². The standard InChI is InChI=1S/C14H16N2O2S2/c1-9-12(14(17)18-2)13(19)16-11(15-9)7-3-5-10-6-4-8-20-10/h4,6,8H,3,5,7H2,1-2H3,(H,15,16,19). The molecule has 0 saturated carbocycles. The van der Waals surface area contributed by atoms with Crippen LogP contribution in [0.3, 0.4) is 0 Å². The van der Waals surface area contributed by atoms with Gasteiger partial charge in [-0.15, -0.1) is 11.3 Å². The van der Waals surface area contributed by atoms with Gasteiger partial charge in [-0.2, -0.15) is 0 Å². The second kappa shape index (κ2) is 6.76. The predicted molar refractivity (Wildman–Crippen MR) is 81.8 cm³/mol. The van der Waals surface area contributed by atoms with Gasteiger partial charge in [0, 0.05) is 17.0 Å². The molecule has 0 aliphatic rings. The van der Waals surface area contributed by atoms with Crippen molar-refractivity contribution < 1.29 is 9.53 Å². The molecule has 0 saturated heterocycles. The first kappa shape index (κ1) is 14.9. The molecule has 0 fully saturated rings. The number of ether oxygens (including phenoxy) is 1. The van der Waals surface area contributed by atoms with Crippen LogP contribution in [0.2, 0.25) is 0 Å². The van der Waals surface area contributed by atoms with Crippen LogP contribution >= 0.6 is 23.6 Å². The van der Waals surface area contributed by atoms with E-state index in [0.717, 1.165) is 25.1 Å². The Balaban J connectivity index is 2.06. The molecule has 4 nitrogen and oxygen atoms in total. The van der Waals surface area contributed by atoms with Crippen LogP contribution in [-0.2, 0) is 17.6 Å². The summed E-state index contributed by atoms with van der Waals surface area (Å²) in [5.74, 6) is 0.373. The number of hydrogen-bond donors (Lipinski definition) is 1. The lowest BCUT2D eigenvalue weighted by Crippen LogP contribution is -2.10. The van der Waals surface area contributed by atoms with Crippen LogP contribution in [-0.4, -0.2) is 23.0 Å². The van der Waals surface area contributed by atoms with Gasteiger partial charge in [0.15, 0.2) is 0 Å². The number of methoxy groups -OCH3 is 1. The lowest BCUT2D eigenvalue weighted by molar-refractivity contribution is 0.0598. The third kappa shape index (κ3) is 3.52. The number of aromatic nitrogens is 2. The Hall–Kier alpha value is -1.53. The molecule has 0 unspecified atom stereocenters. The van der Waals surface area contributed by atoms with E-state index in [1.54, 1.807) is 11.3 Å². The lowest BCUT2D eigenvalue weighted by Gasteiger charge is -2.07. The molecule has 106 valence electrons. The van der Waals surface area contributed by atoms with Crippen LogP contribution in [0.15, 0.2) is 17.5 Å². The van der Waals surface area contributed by atoms with Crippen LogP contribution in [0.25, 0.3) is 0 Å². The van der Waals surface area contributed by atoms with Gasteiger partial charge in [-0.05, 0) is 31.2 Å². The summed E-state index contributed by atoms with van der Waals surface area (Å²) in [6, 6.07) is 4.19. The van der Waals surface area contributed by atoms with Crippen molar-refractivity contribution in [3.63, 3.8) is 0 Å². The van der Waals surface area contributed by atoms with Gasteiger partial charge in [0.25, 0.3) is 0 Å². The summed E-state index contributed by atoms with van der Waals surface area (Å²) in [7, 11) is 1.34. The van der Waals surface area contributed by atoms with Gasteiger partial charge < -0.3 is 9.72 Å². The molecule has 0 aliphatic heterocycles. The number of carbonyl (C=O) groups excluding carboxylic acids is 1.